The lowest BCUT2D eigenvalue weighted by atomic mass is 10.3. The van der Waals surface area contributed by atoms with E-state index in [-0.39, 0.29) is 23.9 Å². The van der Waals surface area contributed by atoms with E-state index in [0.29, 0.717) is 6.61 Å². The summed E-state index contributed by atoms with van der Waals surface area (Å²) in [5.41, 5.74) is 5.59. The predicted octanol–water partition coefficient (Wildman–Crippen LogP) is 1.46. The van der Waals surface area contributed by atoms with Crippen molar-refractivity contribution >= 4 is 24.3 Å². The van der Waals surface area contributed by atoms with Gasteiger partial charge >= 0.3 is 5.97 Å². The monoisotopic (exact) mass is 191 g/mol. The number of nitrogens with two attached hydrogens (primary N) is 1. The molecule has 68 valence electrons. The van der Waals surface area contributed by atoms with Gasteiger partial charge in [-0.15, -0.1) is 12.4 Å². The minimum absolute atomic E-state index is 0. The predicted molar refractivity (Wildman–Crippen MR) is 46.3 cm³/mol. The summed E-state index contributed by atoms with van der Waals surface area (Å²) >= 11 is 0. The summed E-state index contributed by atoms with van der Waals surface area (Å²) in [5.74, 6) is -0.345. The molecule has 0 saturated heterocycles. The van der Waals surface area contributed by atoms with Crippen LogP contribution in [0, 0.1) is 0 Å². The van der Waals surface area contributed by atoms with Crippen LogP contribution in [0.4, 0.5) is 5.88 Å². The molecule has 0 atom stereocenters. The summed E-state index contributed by atoms with van der Waals surface area (Å²) < 4.78 is 9.40. The van der Waals surface area contributed by atoms with Gasteiger partial charge in [-0.3, -0.25) is 0 Å². The van der Waals surface area contributed by atoms with E-state index in [9.17, 15) is 4.79 Å². The van der Waals surface area contributed by atoms with Gasteiger partial charge in [0.1, 0.15) is 5.56 Å². The lowest BCUT2D eigenvalue weighted by Crippen LogP contribution is -2.05. The maximum absolute atomic E-state index is 11.0. The minimum atomic E-state index is -0.446. The first-order valence-electron chi connectivity index (χ1n) is 3.25. The van der Waals surface area contributed by atoms with Gasteiger partial charge in [0.2, 0.25) is 5.88 Å². The molecule has 1 heterocycles. The molecule has 0 spiro atoms. The second-order valence-electron chi connectivity index (χ2n) is 1.92. The first-order valence-corrected chi connectivity index (χ1v) is 3.25. The number of nitrogen functional groups attached to an aromatic ring is 1. The highest BCUT2D eigenvalue weighted by molar-refractivity contribution is 5.93. The van der Waals surface area contributed by atoms with Gasteiger partial charge < -0.3 is 14.9 Å². The van der Waals surface area contributed by atoms with E-state index in [1.165, 1.54) is 12.3 Å². The standard InChI is InChI=1S/C7H9NO3.ClH/c1-2-10-7(9)5-3-4-11-6(5)8;/h3-4H,2,8H2,1H3;1H. The molecule has 0 amide bonds. The number of anilines is 1. The number of furan rings is 1. The van der Waals surface area contributed by atoms with Gasteiger partial charge in [-0.2, -0.15) is 0 Å². The Kier molecular flexibility index (Phi) is 4.21. The molecule has 12 heavy (non-hydrogen) atoms. The summed E-state index contributed by atoms with van der Waals surface area (Å²) in [7, 11) is 0. The minimum Gasteiger partial charge on any atom is -0.462 e. The Morgan fingerprint density at radius 1 is 1.75 bits per heavy atom. The van der Waals surface area contributed by atoms with E-state index in [1.807, 2.05) is 0 Å². The molecule has 2 N–H and O–H groups in total. The van der Waals surface area contributed by atoms with Crippen LogP contribution in [0.5, 0.6) is 0 Å². The SMILES string of the molecule is CCOC(=O)c1ccoc1N.Cl. The fraction of sp³-hybridized carbons (Fsp3) is 0.286. The zero-order chi connectivity index (χ0) is 8.27. The van der Waals surface area contributed by atoms with E-state index < -0.39 is 5.97 Å². The van der Waals surface area contributed by atoms with Gasteiger partial charge in [-0.05, 0) is 13.0 Å². The molecule has 1 rings (SSSR count). The molecular formula is C7H10ClNO3. The third-order valence-corrected chi connectivity index (χ3v) is 1.19. The van der Waals surface area contributed by atoms with Gasteiger partial charge in [0.15, 0.2) is 0 Å². The van der Waals surface area contributed by atoms with Crippen molar-refractivity contribution in [3.8, 4) is 0 Å². The highest BCUT2D eigenvalue weighted by Gasteiger charge is 2.12. The van der Waals surface area contributed by atoms with Crippen LogP contribution in [0.3, 0.4) is 0 Å². The smallest absolute Gasteiger partial charge is 0.343 e. The number of esters is 1. The van der Waals surface area contributed by atoms with Gasteiger partial charge in [-0.1, -0.05) is 0 Å². The van der Waals surface area contributed by atoms with Crippen LogP contribution in [0.1, 0.15) is 17.3 Å². The molecule has 0 radical (unpaired) electrons. The first kappa shape index (κ1) is 10.8. The lowest BCUT2D eigenvalue weighted by molar-refractivity contribution is 0.0527. The average molecular weight is 192 g/mol. The van der Waals surface area contributed by atoms with Crippen LogP contribution in [0.2, 0.25) is 0 Å². The topological polar surface area (TPSA) is 65.5 Å². The second kappa shape index (κ2) is 4.66. The van der Waals surface area contributed by atoms with Gasteiger partial charge in [0, 0.05) is 0 Å². The molecular weight excluding hydrogens is 182 g/mol. The van der Waals surface area contributed by atoms with Crippen molar-refractivity contribution in [3.05, 3.63) is 17.9 Å². The van der Waals surface area contributed by atoms with E-state index in [2.05, 4.69) is 4.74 Å². The fourth-order valence-corrected chi connectivity index (χ4v) is 0.698. The van der Waals surface area contributed by atoms with Crippen LogP contribution in [0.25, 0.3) is 0 Å². The normalized spacial score (nSPS) is 8.75. The molecule has 0 unspecified atom stereocenters. The summed E-state index contributed by atoms with van der Waals surface area (Å²) in [6.07, 6.45) is 1.35. The zero-order valence-corrected chi connectivity index (χ0v) is 7.39. The lowest BCUT2D eigenvalue weighted by Gasteiger charge is -1.97. The molecule has 1 aromatic heterocycles. The van der Waals surface area contributed by atoms with Gasteiger partial charge in [0.05, 0.1) is 12.9 Å². The molecule has 0 bridgehead atoms. The second-order valence-corrected chi connectivity index (χ2v) is 1.92. The largest absolute Gasteiger partial charge is 0.462 e. The van der Waals surface area contributed by atoms with Crippen molar-refractivity contribution in [1.29, 1.82) is 0 Å². The molecule has 0 saturated carbocycles. The quantitative estimate of drug-likeness (QED) is 0.719. The van der Waals surface area contributed by atoms with E-state index in [0.717, 1.165) is 0 Å². The van der Waals surface area contributed by atoms with Gasteiger partial charge in [-0.25, -0.2) is 4.79 Å². The third kappa shape index (κ3) is 2.17. The van der Waals surface area contributed by atoms with Crippen molar-refractivity contribution < 1.29 is 13.9 Å². The Bertz CT molecular complexity index is 259. The maximum atomic E-state index is 11.0. The fourth-order valence-electron chi connectivity index (χ4n) is 0.698. The number of hydrogen-bond donors (Lipinski definition) is 1. The van der Waals surface area contributed by atoms with Crippen LogP contribution in [-0.4, -0.2) is 12.6 Å². The maximum Gasteiger partial charge on any atom is 0.343 e. The molecule has 1 aromatic rings. The van der Waals surface area contributed by atoms with Crippen molar-refractivity contribution in [1.82, 2.24) is 0 Å². The summed E-state index contributed by atoms with van der Waals surface area (Å²) in [6, 6.07) is 1.48. The average Bonchev–Trinajstić information content (AvgIpc) is 2.36. The molecule has 5 heteroatoms. The third-order valence-electron chi connectivity index (χ3n) is 1.19. The van der Waals surface area contributed by atoms with E-state index in [1.54, 1.807) is 6.92 Å². The van der Waals surface area contributed by atoms with Crippen molar-refractivity contribution in [2.75, 3.05) is 12.3 Å². The van der Waals surface area contributed by atoms with Crippen LogP contribution in [-0.2, 0) is 4.74 Å². The molecule has 0 fully saturated rings. The molecule has 4 nitrogen and oxygen atoms in total. The molecule has 0 aliphatic rings. The Morgan fingerprint density at radius 3 is 2.83 bits per heavy atom. The van der Waals surface area contributed by atoms with Crippen LogP contribution >= 0.6 is 12.4 Å². The van der Waals surface area contributed by atoms with E-state index in [4.69, 9.17) is 10.2 Å². The highest BCUT2D eigenvalue weighted by Crippen LogP contribution is 2.12. The summed E-state index contributed by atoms with van der Waals surface area (Å²) in [4.78, 5) is 11.0. The Balaban J connectivity index is 0.00000121. The van der Waals surface area contributed by atoms with Crippen molar-refractivity contribution in [3.63, 3.8) is 0 Å². The van der Waals surface area contributed by atoms with Crippen molar-refractivity contribution in [2.24, 2.45) is 0 Å². The van der Waals surface area contributed by atoms with Gasteiger partial charge in [0.25, 0.3) is 0 Å². The highest BCUT2D eigenvalue weighted by atomic mass is 35.5. The van der Waals surface area contributed by atoms with Crippen LogP contribution in [0.15, 0.2) is 16.7 Å². The molecule has 0 aromatic carbocycles. The van der Waals surface area contributed by atoms with Crippen LogP contribution < -0.4 is 5.73 Å². The Hall–Kier alpha value is -1.16. The zero-order valence-electron chi connectivity index (χ0n) is 6.57. The summed E-state index contributed by atoms with van der Waals surface area (Å²) in [6.45, 7) is 2.07. The van der Waals surface area contributed by atoms with E-state index >= 15 is 0 Å². The first-order chi connectivity index (χ1) is 5.25. The molecule has 0 aliphatic heterocycles. The Morgan fingerprint density at radius 2 is 2.42 bits per heavy atom. The van der Waals surface area contributed by atoms with Crippen molar-refractivity contribution in [2.45, 2.75) is 6.92 Å². The number of carbonyl (C=O) groups is 1. The molecule has 0 aliphatic carbocycles. The summed E-state index contributed by atoms with van der Waals surface area (Å²) in [5, 5.41) is 0. The Labute approximate surface area is 76.1 Å². The number of ether oxygens (including phenoxy) is 1. The number of halogens is 1. The number of hydrogen-bond acceptors (Lipinski definition) is 4. The number of rotatable bonds is 2. The number of carbonyl (C=O) groups excluding carboxylic acids is 1.